The van der Waals surface area contributed by atoms with E-state index in [1.807, 2.05) is 54.6 Å². The van der Waals surface area contributed by atoms with Gasteiger partial charge in [-0.2, -0.15) is 5.26 Å². The number of nitriles is 1. The van der Waals surface area contributed by atoms with Gasteiger partial charge >= 0.3 is 0 Å². The minimum Gasteiger partial charge on any atom is -0.379 e. The maximum absolute atomic E-state index is 14.1. The number of ether oxygens (including phenoxy) is 2. The molecule has 4 atom stereocenters. The molecule has 0 aromatic heterocycles. The molecule has 3 saturated heterocycles. The molecule has 40 heavy (non-hydrogen) atoms. The molecule has 3 heterocycles. The van der Waals surface area contributed by atoms with Crippen LogP contribution in [-0.4, -0.2) is 34.8 Å². The second-order valence-corrected chi connectivity index (χ2v) is 10.6. The maximum atomic E-state index is 14.1. The minimum absolute atomic E-state index is 0.176. The van der Waals surface area contributed by atoms with Gasteiger partial charge < -0.3 is 14.7 Å². The molecule has 0 aliphatic carbocycles. The molecule has 0 unspecified atom stereocenters. The van der Waals surface area contributed by atoms with Gasteiger partial charge in [0.1, 0.15) is 0 Å². The number of fused-ring (bicyclic) bond motifs is 6. The molecule has 3 aromatic rings. The number of imide groups is 1. The standard InChI is InChI=1S/C31H30N2O4.HNO2/c1-2-14-30-15-16-31(37-30,17-18-36-20-21-8-4-3-5-9-21)27-26(30)28(34)33(29(27)35)25-13-12-22(19-32)23-10-6-7-11-24(23)25;2-1-3/h3-13,26-27H,2,14-18,20H2,1H3;(H,2,3)/t26-,27+,30+,31+;/m0./s1. The van der Waals surface area contributed by atoms with E-state index < -0.39 is 23.0 Å². The van der Waals surface area contributed by atoms with Crippen LogP contribution in [0.5, 0.6) is 0 Å². The van der Waals surface area contributed by atoms with Crippen molar-refractivity contribution in [2.24, 2.45) is 17.2 Å². The molecule has 206 valence electrons. The van der Waals surface area contributed by atoms with Crippen molar-refractivity contribution in [3.63, 3.8) is 0 Å². The van der Waals surface area contributed by atoms with E-state index in [0.29, 0.717) is 30.9 Å². The average molecular weight is 542 g/mol. The molecule has 2 amide bonds. The van der Waals surface area contributed by atoms with E-state index in [0.717, 1.165) is 42.0 Å². The number of anilines is 1. The number of amides is 2. The summed E-state index contributed by atoms with van der Waals surface area (Å²) in [6.07, 6.45) is 3.74. The average Bonchev–Trinajstić information content (AvgIpc) is 3.57. The third-order valence-corrected chi connectivity index (χ3v) is 8.53. The lowest BCUT2D eigenvalue weighted by atomic mass is 9.65. The van der Waals surface area contributed by atoms with Crippen LogP contribution in [0, 0.1) is 28.1 Å². The molecular weight excluding hydrogens is 510 g/mol. The van der Waals surface area contributed by atoms with Gasteiger partial charge in [-0.3, -0.25) is 9.59 Å². The van der Waals surface area contributed by atoms with Crippen LogP contribution in [0.25, 0.3) is 10.8 Å². The van der Waals surface area contributed by atoms with Crippen molar-refractivity contribution in [3.8, 4) is 6.07 Å². The number of benzene rings is 3. The molecule has 3 fully saturated rings. The summed E-state index contributed by atoms with van der Waals surface area (Å²) < 4.78 is 12.8. The highest BCUT2D eigenvalue weighted by atomic mass is 16.6. The summed E-state index contributed by atoms with van der Waals surface area (Å²) in [6.45, 7) is 3.06. The normalized spacial score (nSPS) is 26.4. The molecule has 3 aromatic carbocycles. The first kappa shape index (κ1) is 27.4. The molecular formula is C31H31N3O6. The number of carbonyl (C=O) groups excluding carboxylic acids is 2. The summed E-state index contributed by atoms with van der Waals surface area (Å²) in [5, 5.41) is 18.9. The third kappa shape index (κ3) is 4.43. The van der Waals surface area contributed by atoms with Crippen molar-refractivity contribution in [2.75, 3.05) is 11.5 Å². The molecule has 0 saturated carbocycles. The summed E-state index contributed by atoms with van der Waals surface area (Å²) in [7, 11) is 0. The van der Waals surface area contributed by atoms with Gasteiger partial charge in [-0.05, 0) is 37.0 Å². The number of hydrogen-bond donors (Lipinski definition) is 1. The first-order valence-electron chi connectivity index (χ1n) is 13.5. The van der Waals surface area contributed by atoms with Crippen molar-refractivity contribution < 1.29 is 24.3 Å². The van der Waals surface area contributed by atoms with E-state index in [2.05, 4.69) is 13.0 Å². The van der Waals surface area contributed by atoms with Gasteiger partial charge in [0.25, 0.3) is 0 Å². The van der Waals surface area contributed by atoms with Crippen LogP contribution in [0.2, 0.25) is 0 Å². The number of rotatable bonds is 8. The highest BCUT2D eigenvalue weighted by Crippen LogP contribution is 2.64. The van der Waals surface area contributed by atoms with E-state index in [-0.39, 0.29) is 11.8 Å². The fourth-order valence-corrected chi connectivity index (χ4v) is 7.01. The summed E-state index contributed by atoms with van der Waals surface area (Å²) in [6, 6.07) is 23.1. The Bertz CT molecular complexity index is 1470. The second-order valence-electron chi connectivity index (χ2n) is 10.6. The molecule has 6 rings (SSSR count). The van der Waals surface area contributed by atoms with Crippen LogP contribution >= 0.6 is 0 Å². The van der Waals surface area contributed by atoms with Crippen molar-refractivity contribution in [1.29, 1.82) is 5.26 Å². The van der Waals surface area contributed by atoms with Crippen LogP contribution in [0.3, 0.4) is 0 Å². The fourth-order valence-electron chi connectivity index (χ4n) is 7.01. The predicted molar refractivity (Wildman–Crippen MR) is 147 cm³/mol. The molecule has 9 nitrogen and oxygen atoms in total. The van der Waals surface area contributed by atoms with E-state index in [1.165, 1.54) is 10.2 Å². The minimum atomic E-state index is -0.694. The monoisotopic (exact) mass is 541 g/mol. The van der Waals surface area contributed by atoms with Gasteiger partial charge in [0, 0.05) is 23.8 Å². The van der Waals surface area contributed by atoms with E-state index in [9.17, 15) is 14.9 Å². The molecule has 1 N–H and O–H groups in total. The molecule has 0 spiro atoms. The first-order chi connectivity index (χ1) is 19.4. The van der Waals surface area contributed by atoms with Gasteiger partial charge in [-0.15, -0.1) is 4.91 Å². The van der Waals surface area contributed by atoms with E-state index in [4.69, 9.17) is 19.6 Å². The lowest BCUT2D eigenvalue weighted by Crippen LogP contribution is -2.43. The molecule has 2 bridgehead atoms. The van der Waals surface area contributed by atoms with Gasteiger partial charge in [0.05, 0.1) is 47.0 Å². The summed E-state index contributed by atoms with van der Waals surface area (Å²) in [5.74, 6) is -1.37. The Morgan fingerprint density at radius 2 is 1.57 bits per heavy atom. The highest BCUT2D eigenvalue weighted by Gasteiger charge is 2.74. The largest absolute Gasteiger partial charge is 0.379 e. The van der Waals surface area contributed by atoms with Crippen LogP contribution < -0.4 is 4.90 Å². The maximum Gasteiger partial charge on any atom is 0.240 e. The van der Waals surface area contributed by atoms with Crippen molar-refractivity contribution in [3.05, 3.63) is 82.8 Å². The van der Waals surface area contributed by atoms with Crippen LogP contribution in [-0.2, 0) is 25.7 Å². The number of hydrogen-bond acceptors (Lipinski definition) is 7. The second kappa shape index (κ2) is 11.2. The van der Waals surface area contributed by atoms with Crippen LogP contribution in [0.1, 0.15) is 50.2 Å². The predicted octanol–water partition coefficient (Wildman–Crippen LogP) is 5.67. The van der Waals surface area contributed by atoms with Crippen molar-refractivity contribution in [1.82, 2.24) is 0 Å². The molecule has 3 aliphatic heterocycles. The van der Waals surface area contributed by atoms with Crippen molar-refractivity contribution in [2.45, 2.75) is 56.8 Å². The fraction of sp³-hybridized carbons (Fsp3) is 0.387. The third-order valence-electron chi connectivity index (χ3n) is 8.53. The topological polar surface area (TPSA) is 129 Å². The van der Waals surface area contributed by atoms with Gasteiger partial charge in [0.15, 0.2) is 5.34 Å². The lowest BCUT2D eigenvalue weighted by molar-refractivity contribution is -0.133. The zero-order valence-electron chi connectivity index (χ0n) is 22.3. The highest BCUT2D eigenvalue weighted by molar-refractivity contribution is 6.26. The Morgan fingerprint density at radius 1 is 0.975 bits per heavy atom. The number of carbonyl (C=O) groups is 2. The lowest BCUT2D eigenvalue weighted by Gasteiger charge is -2.31. The Kier molecular flexibility index (Phi) is 7.66. The molecule has 3 aliphatic rings. The summed E-state index contributed by atoms with van der Waals surface area (Å²) in [5.41, 5.74) is 0.878. The SMILES string of the molecule is CCC[C@]12CC[C@](CCOCc3ccccc3)(O1)[C@H]1C(=O)N(c3ccc(C#N)c4ccccc34)C(=O)[C@H]12.O=NO. The zero-order chi connectivity index (χ0) is 28.3. The Hall–Kier alpha value is -4.13. The van der Waals surface area contributed by atoms with Gasteiger partial charge in [-0.25, -0.2) is 4.90 Å². The van der Waals surface area contributed by atoms with E-state index in [1.54, 1.807) is 12.1 Å². The summed E-state index contributed by atoms with van der Waals surface area (Å²) >= 11 is 0. The Labute approximate surface area is 232 Å². The van der Waals surface area contributed by atoms with Crippen LogP contribution in [0.15, 0.2) is 72.1 Å². The van der Waals surface area contributed by atoms with E-state index >= 15 is 0 Å². The van der Waals surface area contributed by atoms with Crippen molar-refractivity contribution >= 4 is 28.3 Å². The molecule has 9 heteroatoms. The van der Waals surface area contributed by atoms with Gasteiger partial charge in [0.2, 0.25) is 11.8 Å². The number of nitrogens with zero attached hydrogens (tertiary/aromatic N) is 3. The Balaban J connectivity index is 0.00000103. The Morgan fingerprint density at radius 3 is 2.20 bits per heavy atom. The first-order valence-corrected chi connectivity index (χ1v) is 13.5. The summed E-state index contributed by atoms with van der Waals surface area (Å²) in [4.78, 5) is 37.7. The quantitative estimate of drug-likeness (QED) is 0.168. The van der Waals surface area contributed by atoms with Gasteiger partial charge in [-0.1, -0.05) is 67.9 Å². The smallest absolute Gasteiger partial charge is 0.240 e. The zero-order valence-corrected chi connectivity index (χ0v) is 22.3. The van der Waals surface area contributed by atoms with Crippen LogP contribution in [0.4, 0.5) is 5.69 Å². The molecule has 0 radical (unpaired) electrons.